The van der Waals surface area contributed by atoms with Gasteiger partial charge in [0.2, 0.25) is 0 Å². The Hall–Kier alpha value is -0.900. The van der Waals surface area contributed by atoms with Crippen molar-refractivity contribution in [3.63, 3.8) is 0 Å². The third-order valence-corrected chi connectivity index (χ3v) is 2.81. The van der Waals surface area contributed by atoms with Gasteiger partial charge in [0.1, 0.15) is 6.54 Å². The van der Waals surface area contributed by atoms with Crippen molar-refractivity contribution in [3.8, 4) is 0 Å². The van der Waals surface area contributed by atoms with Crippen LogP contribution in [0.25, 0.3) is 0 Å². The van der Waals surface area contributed by atoms with Gasteiger partial charge >= 0.3 is 0 Å². The van der Waals surface area contributed by atoms with Gasteiger partial charge < -0.3 is 9.84 Å². The first kappa shape index (κ1) is 13.2. The second-order valence-electron chi connectivity index (χ2n) is 4.76. The van der Waals surface area contributed by atoms with Gasteiger partial charge in [0.05, 0.1) is 14.1 Å². The third kappa shape index (κ3) is 3.93. The molecule has 0 radical (unpaired) electrons. The number of ether oxygens (including phenoxy) is 1. The quantitative estimate of drug-likeness (QED) is 0.612. The highest BCUT2D eigenvalue weighted by Gasteiger charge is 2.26. The van der Waals surface area contributed by atoms with Crippen molar-refractivity contribution in [2.45, 2.75) is 32.9 Å². The maximum absolute atomic E-state index is 9.22. The first-order chi connectivity index (χ1) is 7.42. The Morgan fingerprint density at radius 2 is 1.75 bits per heavy atom. The van der Waals surface area contributed by atoms with Crippen LogP contribution in [0.1, 0.15) is 19.4 Å². The van der Waals surface area contributed by atoms with Crippen LogP contribution in [0, 0.1) is 0 Å². The van der Waals surface area contributed by atoms with Gasteiger partial charge in [0, 0.05) is 12.5 Å². The van der Waals surface area contributed by atoms with Crippen LogP contribution >= 0.6 is 0 Å². The largest absolute Gasteiger partial charge is 0.368 e. The minimum absolute atomic E-state index is 0.0415. The summed E-state index contributed by atoms with van der Waals surface area (Å²) in [6, 6.07) is 10.3. The number of quaternary nitrogens is 1. The van der Waals surface area contributed by atoms with E-state index in [1.54, 1.807) is 6.92 Å². The van der Waals surface area contributed by atoms with E-state index in [4.69, 9.17) is 4.74 Å². The van der Waals surface area contributed by atoms with Crippen molar-refractivity contribution in [1.82, 2.24) is 0 Å². The van der Waals surface area contributed by atoms with E-state index in [9.17, 15) is 5.11 Å². The lowest BCUT2D eigenvalue weighted by Gasteiger charge is -2.36. The Balaban J connectivity index is 2.64. The molecule has 1 N–H and O–H groups in total. The zero-order chi connectivity index (χ0) is 12.2. The number of nitrogens with zero attached hydrogens (tertiary/aromatic N) is 1. The lowest BCUT2D eigenvalue weighted by molar-refractivity contribution is -0.949. The van der Waals surface area contributed by atoms with Gasteiger partial charge in [0.15, 0.2) is 12.5 Å². The Kier molecular flexibility index (Phi) is 4.47. The number of aliphatic hydroxyl groups excluding tert-OH is 1. The molecule has 0 heterocycles. The number of aliphatic hydroxyl groups is 1. The highest BCUT2D eigenvalue weighted by atomic mass is 16.6. The van der Waals surface area contributed by atoms with Gasteiger partial charge in [-0.05, 0) is 6.92 Å². The molecule has 0 saturated carbocycles. The predicted molar refractivity (Wildman–Crippen MR) is 64.5 cm³/mol. The molecule has 0 aromatic heterocycles. The molecular formula is C13H22NO2+. The van der Waals surface area contributed by atoms with E-state index in [-0.39, 0.29) is 6.23 Å². The van der Waals surface area contributed by atoms with Gasteiger partial charge in [0.25, 0.3) is 0 Å². The Bertz CT molecular complexity index is 309. The van der Waals surface area contributed by atoms with Gasteiger partial charge in [-0.1, -0.05) is 30.3 Å². The van der Waals surface area contributed by atoms with E-state index in [0.29, 0.717) is 4.48 Å². The van der Waals surface area contributed by atoms with Crippen molar-refractivity contribution >= 4 is 0 Å². The van der Waals surface area contributed by atoms with E-state index in [1.165, 1.54) is 5.56 Å². The molecule has 2 atom stereocenters. The van der Waals surface area contributed by atoms with Crippen LogP contribution in [0.15, 0.2) is 30.3 Å². The van der Waals surface area contributed by atoms with Gasteiger partial charge in [-0.25, -0.2) is 0 Å². The standard InChI is InChI=1S/C13H22NO2/c1-11(16-12(2)15)14(3,4)10-13-8-6-5-7-9-13/h5-9,11-12,15H,10H2,1-4H3/q+1. The molecule has 90 valence electrons. The molecule has 0 aliphatic carbocycles. The van der Waals surface area contributed by atoms with Crippen molar-refractivity contribution in [2.75, 3.05) is 14.1 Å². The summed E-state index contributed by atoms with van der Waals surface area (Å²) in [4.78, 5) is 0. The predicted octanol–water partition coefficient (Wildman–Crippen LogP) is 1.96. The molecule has 2 unspecified atom stereocenters. The molecule has 1 aromatic carbocycles. The van der Waals surface area contributed by atoms with Crippen LogP contribution in [0.4, 0.5) is 0 Å². The molecule has 0 bridgehead atoms. The van der Waals surface area contributed by atoms with E-state index in [2.05, 4.69) is 26.2 Å². The average molecular weight is 224 g/mol. The average Bonchev–Trinajstić information content (AvgIpc) is 2.17. The molecule has 1 rings (SSSR count). The fraction of sp³-hybridized carbons (Fsp3) is 0.538. The topological polar surface area (TPSA) is 29.5 Å². The van der Waals surface area contributed by atoms with Crippen LogP contribution in [0.3, 0.4) is 0 Å². The summed E-state index contributed by atoms with van der Waals surface area (Å²) in [5.41, 5.74) is 1.27. The van der Waals surface area contributed by atoms with Crippen LogP contribution in [-0.4, -0.2) is 36.2 Å². The molecule has 0 saturated heterocycles. The summed E-state index contributed by atoms with van der Waals surface area (Å²) in [6.07, 6.45) is -0.761. The molecule has 0 aliphatic rings. The second-order valence-corrected chi connectivity index (χ2v) is 4.76. The number of hydrogen-bond donors (Lipinski definition) is 1. The zero-order valence-electron chi connectivity index (χ0n) is 10.6. The molecule has 3 heteroatoms. The summed E-state index contributed by atoms with van der Waals surface area (Å²) in [5.74, 6) is 0. The molecule has 0 fully saturated rings. The van der Waals surface area contributed by atoms with Crippen molar-refractivity contribution < 1.29 is 14.3 Å². The maximum Gasteiger partial charge on any atom is 0.193 e. The van der Waals surface area contributed by atoms with Crippen LogP contribution in [-0.2, 0) is 11.3 Å². The Labute approximate surface area is 97.9 Å². The number of rotatable bonds is 5. The first-order valence-electron chi connectivity index (χ1n) is 5.62. The van der Waals surface area contributed by atoms with E-state index in [1.807, 2.05) is 25.1 Å². The first-order valence-corrected chi connectivity index (χ1v) is 5.62. The number of benzene rings is 1. The molecule has 1 aromatic rings. The molecular weight excluding hydrogens is 202 g/mol. The van der Waals surface area contributed by atoms with Crippen LogP contribution in [0.2, 0.25) is 0 Å². The lowest BCUT2D eigenvalue weighted by atomic mass is 10.2. The summed E-state index contributed by atoms with van der Waals surface area (Å²) >= 11 is 0. The van der Waals surface area contributed by atoms with Crippen molar-refractivity contribution in [1.29, 1.82) is 0 Å². The highest BCUT2D eigenvalue weighted by Crippen LogP contribution is 2.15. The minimum atomic E-state index is -0.719. The summed E-state index contributed by atoms with van der Waals surface area (Å²) in [5, 5.41) is 9.22. The smallest absolute Gasteiger partial charge is 0.193 e. The van der Waals surface area contributed by atoms with Crippen LogP contribution < -0.4 is 0 Å². The normalized spacial score (nSPS) is 15.8. The molecule has 16 heavy (non-hydrogen) atoms. The monoisotopic (exact) mass is 224 g/mol. The second kappa shape index (κ2) is 5.43. The van der Waals surface area contributed by atoms with Gasteiger partial charge in [-0.3, -0.25) is 4.48 Å². The van der Waals surface area contributed by atoms with E-state index >= 15 is 0 Å². The van der Waals surface area contributed by atoms with Crippen LogP contribution in [0.5, 0.6) is 0 Å². The minimum Gasteiger partial charge on any atom is -0.368 e. The number of hydrogen-bond acceptors (Lipinski definition) is 2. The molecule has 3 nitrogen and oxygen atoms in total. The maximum atomic E-state index is 9.22. The van der Waals surface area contributed by atoms with Crippen molar-refractivity contribution in [2.24, 2.45) is 0 Å². The fourth-order valence-electron chi connectivity index (χ4n) is 1.63. The highest BCUT2D eigenvalue weighted by molar-refractivity contribution is 5.13. The van der Waals surface area contributed by atoms with Gasteiger partial charge in [-0.15, -0.1) is 0 Å². The van der Waals surface area contributed by atoms with E-state index < -0.39 is 6.29 Å². The van der Waals surface area contributed by atoms with Gasteiger partial charge in [-0.2, -0.15) is 0 Å². The zero-order valence-corrected chi connectivity index (χ0v) is 10.6. The third-order valence-electron chi connectivity index (χ3n) is 2.81. The lowest BCUT2D eigenvalue weighted by Crippen LogP contribution is -2.48. The molecule has 0 spiro atoms. The van der Waals surface area contributed by atoms with E-state index in [0.717, 1.165) is 6.54 Å². The summed E-state index contributed by atoms with van der Waals surface area (Å²) in [6.45, 7) is 4.50. The van der Waals surface area contributed by atoms with Crippen molar-refractivity contribution in [3.05, 3.63) is 35.9 Å². The SMILES string of the molecule is CC(O)OC(C)[N+](C)(C)Cc1ccccc1. The molecule has 0 aliphatic heterocycles. The fourth-order valence-corrected chi connectivity index (χ4v) is 1.63. The Morgan fingerprint density at radius 3 is 2.25 bits per heavy atom. The molecule has 0 amide bonds. The Morgan fingerprint density at radius 1 is 1.19 bits per heavy atom. The summed E-state index contributed by atoms with van der Waals surface area (Å²) in [7, 11) is 4.19. The summed E-state index contributed by atoms with van der Waals surface area (Å²) < 4.78 is 6.10.